The topological polar surface area (TPSA) is 79.2 Å². The summed E-state index contributed by atoms with van der Waals surface area (Å²) in [5, 5.41) is 2.89. The van der Waals surface area contributed by atoms with Gasteiger partial charge in [-0.05, 0) is 29.9 Å². The standard InChI is InChI=1S/C10H14N4OS/c1-7(15)13-9-4-2-8(3-5-9)6-12-14-10(11)16/h2-5,12H,6H2,1H3,(H,13,15)(H3,11,14,16). The highest BCUT2D eigenvalue weighted by atomic mass is 32.1. The minimum atomic E-state index is -0.0824. The van der Waals surface area contributed by atoms with Crippen LogP contribution in [-0.4, -0.2) is 11.0 Å². The van der Waals surface area contributed by atoms with Crippen molar-refractivity contribution in [3.05, 3.63) is 29.8 Å². The lowest BCUT2D eigenvalue weighted by atomic mass is 10.2. The summed E-state index contributed by atoms with van der Waals surface area (Å²) < 4.78 is 0. The van der Waals surface area contributed by atoms with Gasteiger partial charge < -0.3 is 11.1 Å². The molecular formula is C10H14N4OS. The molecule has 0 aliphatic carbocycles. The quantitative estimate of drug-likeness (QED) is 0.453. The summed E-state index contributed by atoms with van der Waals surface area (Å²) in [6, 6.07) is 7.47. The highest BCUT2D eigenvalue weighted by molar-refractivity contribution is 7.80. The first-order valence-electron chi connectivity index (χ1n) is 4.73. The molecule has 5 N–H and O–H groups in total. The lowest BCUT2D eigenvalue weighted by Gasteiger charge is -2.07. The molecule has 0 saturated carbocycles. The van der Waals surface area contributed by atoms with Crippen molar-refractivity contribution in [2.24, 2.45) is 5.73 Å². The van der Waals surface area contributed by atoms with Crippen LogP contribution in [0.5, 0.6) is 0 Å². The number of hydrogen-bond donors (Lipinski definition) is 4. The molecule has 0 radical (unpaired) electrons. The summed E-state index contributed by atoms with van der Waals surface area (Å²) in [6.07, 6.45) is 0. The SMILES string of the molecule is CC(=O)Nc1ccc(CNNC(N)=S)cc1. The van der Waals surface area contributed by atoms with Crippen LogP contribution < -0.4 is 21.9 Å². The van der Waals surface area contributed by atoms with Crippen LogP contribution >= 0.6 is 12.2 Å². The highest BCUT2D eigenvalue weighted by Crippen LogP contribution is 2.08. The third kappa shape index (κ3) is 4.72. The Labute approximate surface area is 99.4 Å². The molecule has 86 valence electrons. The van der Waals surface area contributed by atoms with Gasteiger partial charge in [-0.3, -0.25) is 10.2 Å². The Balaban J connectivity index is 2.45. The van der Waals surface area contributed by atoms with E-state index in [0.29, 0.717) is 6.54 Å². The molecule has 0 fully saturated rings. The molecule has 0 saturated heterocycles. The van der Waals surface area contributed by atoms with Crippen molar-refractivity contribution < 1.29 is 4.79 Å². The number of carbonyl (C=O) groups is 1. The van der Waals surface area contributed by atoms with E-state index in [-0.39, 0.29) is 11.0 Å². The van der Waals surface area contributed by atoms with Gasteiger partial charge >= 0.3 is 0 Å². The molecule has 1 aromatic carbocycles. The summed E-state index contributed by atoms with van der Waals surface area (Å²) in [6.45, 7) is 2.07. The van der Waals surface area contributed by atoms with E-state index in [2.05, 4.69) is 28.4 Å². The summed E-state index contributed by atoms with van der Waals surface area (Å²) in [7, 11) is 0. The van der Waals surface area contributed by atoms with Crippen molar-refractivity contribution in [3.8, 4) is 0 Å². The van der Waals surface area contributed by atoms with E-state index in [0.717, 1.165) is 11.3 Å². The van der Waals surface area contributed by atoms with Crippen molar-refractivity contribution in [1.29, 1.82) is 0 Å². The zero-order valence-corrected chi connectivity index (χ0v) is 9.73. The van der Waals surface area contributed by atoms with Crippen LogP contribution in [0.15, 0.2) is 24.3 Å². The summed E-state index contributed by atoms with van der Waals surface area (Å²) in [5.41, 5.74) is 12.6. The van der Waals surface area contributed by atoms with Crippen molar-refractivity contribution in [2.45, 2.75) is 13.5 Å². The van der Waals surface area contributed by atoms with E-state index in [9.17, 15) is 4.79 Å². The Kier molecular flexibility index (Phi) is 4.68. The molecule has 0 aliphatic heterocycles. The number of thiocarbonyl (C=S) groups is 1. The van der Waals surface area contributed by atoms with Crippen molar-refractivity contribution in [2.75, 3.05) is 5.32 Å². The molecule has 16 heavy (non-hydrogen) atoms. The number of hydrogen-bond acceptors (Lipinski definition) is 3. The van der Waals surface area contributed by atoms with Gasteiger partial charge in [-0.2, -0.15) is 0 Å². The Bertz CT molecular complexity index is 377. The Morgan fingerprint density at radius 1 is 1.38 bits per heavy atom. The molecule has 5 nitrogen and oxygen atoms in total. The number of carbonyl (C=O) groups excluding carboxylic acids is 1. The van der Waals surface area contributed by atoms with Crippen molar-refractivity contribution in [3.63, 3.8) is 0 Å². The zero-order chi connectivity index (χ0) is 12.0. The van der Waals surface area contributed by atoms with E-state index < -0.39 is 0 Å². The average Bonchev–Trinajstić information content (AvgIpc) is 2.19. The maximum absolute atomic E-state index is 10.8. The first kappa shape index (κ1) is 12.4. The van der Waals surface area contributed by atoms with E-state index in [1.807, 2.05) is 24.3 Å². The molecule has 0 atom stereocenters. The van der Waals surface area contributed by atoms with Gasteiger partial charge in [0.05, 0.1) is 0 Å². The number of rotatable bonds is 4. The van der Waals surface area contributed by atoms with Crippen molar-refractivity contribution in [1.82, 2.24) is 10.9 Å². The molecule has 1 rings (SSSR count). The van der Waals surface area contributed by atoms with Crippen LogP contribution in [0.3, 0.4) is 0 Å². The second-order valence-corrected chi connectivity index (χ2v) is 3.66. The Morgan fingerprint density at radius 3 is 2.50 bits per heavy atom. The first-order chi connectivity index (χ1) is 7.58. The summed E-state index contributed by atoms with van der Waals surface area (Å²) in [5.74, 6) is -0.0824. The average molecular weight is 238 g/mol. The van der Waals surface area contributed by atoms with Gasteiger partial charge in [0, 0.05) is 19.2 Å². The molecular weight excluding hydrogens is 224 g/mol. The second-order valence-electron chi connectivity index (χ2n) is 3.22. The van der Waals surface area contributed by atoms with Gasteiger partial charge in [-0.15, -0.1) is 0 Å². The Hall–Kier alpha value is -1.66. The van der Waals surface area contributed by atoms with E-state index in [1.54, 1.807) is 0 Å². The second kappa shape index (κ2) is 6.04. The molecule has 1 aromatic rings. The fraction of sp³-hybridized carbons (Fsp3) is 0.200. The smallest absolute Gasteiger partial charge is 0.221 e. The summed E-state index contributed by atoms with van der Waals surface area (Å²) >= 11 is 4.64. The highest BCUT2D eigenvalue weighted by Gasteiger charge is 1.96. The van der Waals surface area contributed by atoms with Crippen LogP contribution in [0.25, 0.3) is 0 Å². The predicted octanol–water partition coefficient (Wildman–Crippen LogP) is 0.483. The van der Waals surface area contributed by atoms with E-state index in [4.69, 9.17) is 5.73 Å². The van der Waals surface area contributed by atoms with Crippen LogP contribution in [0.1, 0.15) is 12.5 Å². The molecule has 0 heterocycles. The molecule has 0 aliphatic rings. The third-order valence-electron chi connectivity index (χ3n) is 1.78. The van der Waals surface area contributed by atoms with Gasteiger partial charge in [-0.1, -0.05) is 12.1 Å². The molecule has 0 aromatic heterocycles. The molecule has 0 bridgehead atoms. The first-order valence-corrected chi connectivity index (χ1v) is 5.13. The van der Waals surface area contributed by atoms with Gasteiger partial charge in [0.15, 0.2) is 5.11 Å². The lowest BCUT2D eigenvalue weighted by molar-refractivity contribution is -0.114. The predicted molar refractivity (Wildman–Crippen MR) is 67.5 cm³/mol. The van der Waals surface area contributed by atoms with E-state index >= 15 is 0 Å². The van der Waals surface area contributed by atoms with Crippen LogP contribution in [0.4, 0.5) is 5.69 Å². The molecule has 1 amide bonds. The number of hydrazine groups is 1. The third-order valence-corrected chi connectivity index (χ3v) is 1.88. The number of nitrogens with one attached hydrogen (secondary N) is 3. The van der Waals surface area contributed by atoms with Gasteiger partial charge in [-0.25, -0.2) is 5.43 Å². The maximum atomic E-state index is 10.8. The molecule has 0 unspecified atom stereocenters. The largest absolute Gasteiger partial charge is 0.375 e. The minimum Gasteiger partial charge on any atom is -0.375 e. The minimum absolute atomic E-state index is 0.0824. The van der Waals surface area contributed by atoms with Gasteiger partial charge in [0.25, 0.3) is 0 Å². The monoisotopic (exact) mass is 238 g/mol. The normalized spacial score (nSPS) is 9.56. The fourth-order valence-electron chi connectivity index (χ4n) is 1.14. The van der Waals surface area contributed by atoms with E-state index in [1.165, 1.54) is 6.92 Å². The molecule has 0 spiro atoms. The lowest BCUT2D eigenvalue weighted by Crippen LogP contribution is -2.40. The molecule has 6 heteroatoms. The maximum Gasteiger partial charge on any atom is 0.221 e. The van der Waals surface area contributed by atoms with Crippen LogP contribution in [0.2, 0.25) is 0 Å². The number of anilines is 1. The van der Waals surface area contributed by atoms with Gasteiger partial charge in [0.1, 0.15) is 0 Å². The fourth-order valence-corrected chi connectivity index (χ4v) is 1.21. The van der Waals surface area contributed by atoms with Crippen LogP contribution in [0, 0.1) is 0 Å². The number of amides is 1. The Morgan fingerprint density at radius 2 is 2.00 bits per heavy atom. The van der Waals surface area contributed by atoms with Crippen molar-refractivity contribution >= 4 is 28.9 Å². The zero-order valence-electron chi connectivity index (χ0n) is 8.91. The number of benzene rings is 1. The number of nitrogens with two attached hydrogens (primary N) is 1. The summed E-state index contributed by atoms with van der Waals surface area (Å²) in [4.78, 5) is 10.8. The van der Waals surface area contributed by atoms with Gasteiger partial charge in [0.2, 0.25) is 5.91 Å². The van der Waals surface area contributed by atoms with Crippen LogP contribution in [-0.2, 0) is 11.3 Å².